The van der Waals surface area contributed by atoms with Gasteiger partial charge in [-0.1, -0.05) is 384 Å². The van der Waals surface area contributed by atoms with Crippen molar-refractivity contribution in [1.82, 2.24) is 0 Å². The standard InChI is InChI=1S/C19H20O4.C19H20O3.C18H18O4.3C18H18O3.C17H16O3/c1-13(19(22)15-8-10-16(23-2)11-9-15)17(12-18(20)21)14-6-4-3-5-7-14;1-13-8-10-16(11-9-13)19(22)14(2)17(12-18(20)21)15-6-4-3-5-7-15;1-22-16-9-7-14(8-10-16)17(19)11-15(12-18(20)21)13-5-3-2-4-6-13;1-21-18(20)13-16(14-8-4-2-5-9-14)12-17(19)15-10-6-3-7-11-15;1-13(18(21)15-10-6-3-7-11-15)16(12-17(19)20)14-8-4-2-5-9-14;1-13-7-9-15(10-8-13)17(19)11-16(12-18(20)21)14-5-3-2-4-6-14;18-16(14-9-5-2-6-10-14)11-15(12-17(19)20)13-7-3-1-4-8-13/h3-11,13,17H,12H2,1-2H3,(H,20,21);3-11,14,17H,12H2,1-2H3,(H,20,21);2-10,15H,11-12H2,1H3,(H,20,21);2-11,16H,12-13H2,1H3;2-11,13,16H,12H2,1H3,(H,19,20);2-10,16H,11-12H2,1H3,(H,20,21);1-10,15H,11-12H2,(H,19,20). The van der Waals surface area contributed by atoms with Crippen LogP contribution in [-0.4, -0.2) is 134 Å². The number of methoxy groups -OCH3 is 3. The van der Waals surface area contributed by atoms with E-state index in [-0.39, 0.29) is 164 Å². The lowest BCUT2D eigenvalue weighted by Gasteiger charge is -2.22. The van der Waals surface area contributed by atoms with Crippen LogP contribution < -0.4 is 9.47 Å². The highest BCUT2D eigenvalue weighted by Gasteiger charge is 2.33. The number of aliphatic carboxylic acids is 6. The SMILES string of the molecule is CC(C(=O)c1ccccc1)C(CC(=O)O)c1ccccc1.COC(=O)CC(CC(=O)c1ccccc1)c1ccccc1.COc1ccc(C(=O)C(C)C(CC(=O)O)c2ccccc2)cc1.COc1ccc(C(=O)CC(CC(=O)O)c2ccccc2)cc1.Cc1ccc(C(=O)C(C)C(CC(=O)O)c2ccccc2)cc1.Cc1ccc(C(=O)CC(CC(=O)O)c2ccccc2)cc1.O=C(O)CC(CC(=O)c1ccccc1)c1ccccc1. The Morgan fingerprint density at radius 1 is 0.200 bits per heavy atom. The van der Waals surface area contributed by atoms with Crippen molar-refractivity contribution >= 4 is 82.3 Å². The summed E-state index contributed by atoms with van der Waals surface area (Å²) in [5.74, 6) is -7.79. The minimum atomic E-state index is -0.909. The summed E-state index contributed by atoms with van der Waals surface area (Å²) in [6.07, 6.45) is 0.764. The van der Waals surface area contributed by atoms with Crippen LogP contribution in [0.4, 0.5) is 0 Å². The first-order valence-corrected chi connectivity index (χ1v) is 49.2. The third kappa shape index (κ3) is 40.6. The number of ketones is 7. The third-order valence-corrected chi connectivity index (χ3v) is 25.4. The van der Waals surface area contributed by atoms with Crippen molar-refractivity contribution in [3.05, 3.63) is 489 Å². The Morgan fingerprint density at radius 3 is 0.587 bits per heavy atom. The molecule has 14 aromatic carbocycles. The molecule has 0 radical (unpaired) electrons. The number of rotatable bonds is 44. The van der Waals surface area contributed by atoms with Crippen molar-refractivity contribution in [2.45, 2.75) is 147 Å². The summed E-state index contributed by atoms with van der Waals surface area (Å²) in [6, 6.07) is 121. The number of carbonyl (C=O) groups excluding carboxylic acids is 8. The Bertz CT molecular complexity index is 6580. The van der Waals surface area contributed by atoms with Gasteiger partial charge >= 0.3 is 41.8 Å². The number of hydrogen-bond donors (Lipinski definition) is 6. The topological polar surface area (TPSA) is 388 Å². The molecule has 0 amide bonds. The molecule has 0 aromatic heterocycles. The summed E-state index contributed by atoms with van der Waals surface area (Å²) in [7, 11) is 4.50. The van der Waals surface area contributed by atoms with E-state index in [1.807, 2.05) is 312 Å². The van der Waals surface area contributed by atoms with Gasteiger partial charge in [0.2, 0.25) is 0 Å². The smallest absolute Gasteiger partial charge is 0.306 e. The normalized spacial score (nSPS) is 12.4. The molecule has 6 N–H and O–H groups in total. The van der Waals surface area contributed by atoms with Crippen LogP contribution in [0.25, 0.3) is 0 Å². The molecule has 0 spiro atoms. The van der Waals surface area contributed by atoms with Crippen LogP contribution in [0.2, 0.25) is 0 Å². The van der Waals surface area contributed by atoms with Gasteiger partial charge in [-0.2, -0.15) is 0 Å². The summed E-state index contributed by atoms with van der Waals surface area (Å²) >= 11 is 0. The van der Waals surface area contributed by atoms with Crippen LogP contribution in [-0.2, 0) is 38.3 Å². The molecule has 0 fully saturated rings. The van der Waals surface area contributed by atoms with Crippen LogP contribution in [0.5, 0.6) is 11.5 Å². The summed E-state index contributed by atoms with van der Waals surface area (Å²) in [4.78, 5) is 165. The molecular formula is C127H128O23. The van der Waals surface area contributed by atoms with E-state index in [4.69, 9.17) is 34.6 Å². The van der Waals surface area contributed by atoms with E-state index in [2.05, 4.69) is 0 Å². The maximum atomic E-state index is 12.7. The molecule has 0 aliphatic heterocycles. The zero-order valence-electron chi connectivity index (χ0n) is 85.3. The summed E-state index contributed by atoms with van der Waals surface area (Å²) in [5.41, 5.74) is 12.7. The Labute approximate surface area is 875 Å². The van der Waals surface area contributed by atoms with E-state index in [1.165, 1.54) is 7.11 Å². The highest BCUT2D eigenvalue weighted by molar-refractivity contribution is 6.02. The second kappa shape index (κ2) is 63.2. The first kappa shape index (κ1) is 118. The number of esters is 1. The molecular weight excluding hydrogens is 1890 g/mol. The van der Waals surface area contributed by atoms with E-state index in [1.54, 1.807) is 137 Å². The summed E-state index contributed by atoms with van der Waals surface area (Å²) in [6.45, 7) is 9.33. The van der Waals surface area contributed by atoms with Crippen LogP contribution >= 0.6 is 0 Å². The molecule has 0 bridgehead atoms. The molecule has 14 rings (SSSR count). The van der Waals surface area contributed by atoms with Gasteiger partial charge in [-0.25, -0.2) is 0 Å². The van der Waals surface area contributed by atoms with Crippen LogP contribution in [0, 0.1) is 31.6 Å². The molecule has 774 valence electrons. The minimum absolute atomic E-state index is 0.0184. The van der Waals surface area contributed by atoms with Crippen molar-refractivity contribution in [2.24, 2.45) is 17.8 Å². The molecule has 14 aromatic rings. The first-order chi connectivity index (χ1) is 72.1. The molecule has 0 saturated carbocycles. The van der Waals surface area contributed by atoms with Crippen molar-refractivity contribution in [3.8, 4) is 11.5 Å². The van der Waals surface area contributed by atoms with E-state index in [0.29, 0.717) is 56.9 Å². The van der Waals surface area contributed by atoms with Gasteiger partial charge in [0.25, 0.3) is 0 Å². The number of benzene rings is 14. The average Bonchev–Trinajstić information content (AvgIpc) is 0.831. The molecule has 10 unspecified atom stereocenters. The summed E-state index contributed by atoms with van der Waals surface area (Å²) < 4.78 is 14.9. The van der Waals surface area contributed by atoms with E-state index in [0.717, 1.165) is 50.1 Å². The van der Waals surface area contributed by atoms with Gasteiger partial charge in [0.1, 0.15) is 11.5 Å². The molecule has 0 heterocycles. The molecule has 0 aliphatic rings. The predicted octanol–water partition coefficient (Wildman–Crippen LogP) is 26.1. The Morgan fingerprint density at radius 2 is 0.373 bits per heavy atom. The van der Waals surface area contributed by atoms with Gasteiger partial charge in [0.05, 0.1) is 66.3 Å². The van der Waals surface area contributed by atoms with Gasteiger partial charge in [-0.3, -0.25) is 67.1 Å². The number of carboxylic acid groups (broad SMARTS) is 6. The largest absolute Gasteiger partial charge is 0.497 e. The van der Waals surface area contributed by atoms with Crippen LogP contribution in [0.15, 0.2) is 400 Å². The van der Waals surface area contributed by atoms with Gasteiger partial charge < -0.3 is 44.8 Å². The van der Waals surface area contributed by atoms with E-state index >= 15 is 0 Å². The fourth-order valence-corrected chi connectivity index (χ4v) is 17.0. The number of aryl methyl sites for hydroxylation is 2. The van der Waals surface area contributed by atoms with E-state index < -0.39 is 41.7 Å². The van der Waals surface area contributed by atoms with Crippen molar-refractivity contribution in [3.63, 3.8) is 0 Å². The number of hydrogen-bond acceptors (Lipinski definition) is 17. The molecule has 10 atom stereocenters. The molecule has 150 heavy (non-hydrogen) atoms. The summed E-state index contributed by atoms with van der Waals surface area (Å²) in [5, 5.41) is 54.6. The molecule has 23 nitrogen and oxygen atoms in total. The van der Waals surface area contributed by atoms with Gasteiger partial charge in [0, 0.05) is 124 Å². The molecule has 0 saturated heterocycles. The fraction of sp³-hybridized carbons (Fsp3) is 0.228. The first-order valence-electron chi connectivity index (χ1n) is 49.2. The average molecular weight is 2020 g/mol. The molecule has 23 heteroatoms. The van der Waals surface area contributed by atoms with Crippen molar-refractivity contribution < 1.29 is 112 Å². The van der Waals surface area contributed by atoms with Crippen LogP contribution in [0.3, 0.4) is 0 Å². The Kier molecular flexibility index (Phi) is 49.6. The lowest BCUT2D eigenvalue weighted by molar-refractivity contribution is -0.141. The van der Waals surface area contributed by atoms with Gasteiger partial charge in [-0.15, -0.1) is 0 Å². The second-order valence-corrected chi connectivity index (χ2v) is 36.1. The number of ether oxygens (including phenoxy) is 3. The minimum Gasteiger partial charge on any atom is -0.497 e. The molecule has 0 aliphatic carbocycles. The maximum absolute atomic E-state index is 12.7. The van der Waals surface area contributed by atoms with Crippen molar-refractivity contribution in [1.29, 1.82) is 0 Å². The van der Waals surface area contributed by atoms with E-state index in [9.17, 15) is 77.3 Å². The lowest BCUT2D eigenvalue weighted by Crippen LogP contribution is -2.22. The Hall–Kier alpha value is -17.3. The van der Waals surface area contributed by atoms with Gasteiger partial charge in [-0.05, 0) is 101 Å². The quantitative estimate of drug-likeness (QED) is 0.0153. The number of carboxylic acids is 6. The monoisotopic (exact) mass is 2020 g/mol. The fourth-order valence-electron chi connectivity index (χ4n) is 17.0. The van der Waals surface area contributed by atoms with Crippen LogP contribution in [0.1, 0.15) is 255 Å². The zero-order chi connectivity index (χ0) is 109. The van der Waals surface area contributed by atoms with Gasteiger partial charge in [0.15, 0.2) is 40.5 Å². The third-order valence-electron chi connectivity index (χ3n) is 25.4. The number of carbonyl (C=O) groups is 14. The highest BCUT2D eigenvalue weighted by Crippen LogP contribution is 2.37. The zero-order valence-corrected chi connectivity index (χ0v) is 85.3. The second-order valence-electron chi connectivity index (χ2n) is 36.1. The van der Waals surface area contributed by atoms with Crippen molar-refractivity contribution in [2.75, 3.05) is 21.3 Å². The Balaban J connectivity index is 0.000000213. The number of Topliss-reactive ketones (excluding diaryl/α,β-unsaturated/α-hetero) is 7. The highest BCUT2D eigenvalue weighted by atomic mass is 16.5. The predicted molar refractivity (Wildman–Crippen MR) is 578 cm³/mol. The lowest BCUT2D eigenvalue weighted by atomic mass is 9.80. The maximum Gasteiger partial charge on any atom is 0.306 e.